The highest BCUT2D eigenvalue weighted by Gasteiger charge is 2.22. The Morgan fingerprint density at radius 2 is 1.90 bits per heavy atom. The summed E-state index contributed by atoms with van der Waals surface area (Å²) in [5.41, 5.74) is 1.50. The Kier molecular flexibility index (Phi) is 5.40. The number of aromatic amines is 1. The molecule has 1 aliphatic rings. The molecule has 6 nitrogen and oxygen atoms in total. The third kappa shape index (κ3) is 4.19. The Morgan fingerprint density at radius 1 is 1.14 bits per heavy atom. The molecular weight excluding hydrogens is 371 g/mol. The summed E-state index contributed by atoms with van der Waals surface area (Å²) in [7, 11) is 0. The normalized spacial score (nSPS) is 15.0. The van der Waals surface area contributed by atoms with Crippen LogP contribution in [0, 0.1) is 12.7 Å². The van der Waals surface area contributed by atoms with Gasteiger partial charge in [0.15, 0.2) is 0 Å². The molecule has 0 radical (unpaired) electrons. The van der Waals surface area contributed by atoms with Crippen molar-refractivity contribution in [2.24, 2.45) is 0 Å². The lowest BCUT2D eigenvalue weighted by Gasteiger charge is -2.34. The highest BCUT2D eigenvalue weighted by molar-refractivity contribution is 5.94. The third-order valence-corrected chi connectivity index (χ3v) is 5.41. The average Bonchev–Trinajstić information content (AvgIpc) is 2.74. The van der Waals surface area contributed by atoms with Gasteiger partial charge in [-0.3, -0.25) is 14.5 Å². The van der Waals surface area contributed by atoms with E-state index in [0.717, 1.165) is 19.6 Å². The fraction of sp³-hybridized carbons (Fsp3) is 0.318. The van der Waals surface area contributed by atoms with Gasteiger partial charge in [-0.15, -0.1) is 0 Å². The maximum atomic E-state index is 13.7. The fourth-order valence-corrected chi connectivity index (χ4v) is 3.60. The largest absolute Gasteiger partial charge is 0.336 e. The number of halogens is 1. The minimum Gasteiger partial charge on any atom is -0.336 e. The molecule has 1 aliphatic heterocycles. The second kappa shape index (κ2) is 8.13. The van der Waals surface area contributed by atoms with Crippen LogP contribution in [0.25, 0.3) is 10.9 Å². The number of piperazine rings is 1. The number of nitrogens with zero attached hydrogens (tertiary/aromatic N) is 3. The molecule has 150 valence electrons. The van der Waals surface area contributed by atoms with Gasteiger partial charge in [-0.25, -0.2) is 9.37 Å². The molecular formula is C22H23FN4O2. The van der Waals surface area contributed by atoms with E-state index in [1.54, 1.807) is 30.0 Å². The summed E-state index contributed by atoms with van der Waals surface area (Å²) in [6.45, 7) is 5.09. The number of amides is 1. The van der Waals surface area contributed by atoms with Crippen LogP contribution in [0.4, 0.5) is 4.39 Å². The number of carbonyl (C=O) groups is 1. The number of fused-ring (bicyclic) bond motifs is 1. The Hall–Kier alpha value is -3.06. The summed E-state index contributed by atoms with van der Waals surface area (Å²) in [5.74, 6) is 0.178. The SMILES string of the molecule is Cc1ccc(C(=O)N2CCN(CCc3nc4ccccc4c(=O)[nH]3)CC2)cc1F. The summed E-state index contributed by atoms with van der Waals surface area (Å²) in [6, 6.07) is 11.9. The Bertz CT molecular complexity index is 1100. The molecule has 0 saturated carbocycles. The molecule has 2 aromatic carbocycles. The minimum atomic E-state index is -0.355. The molecule has 1 N–H and O–H groups in total. The van der Waals surface area contributed by atoms with Crippen molar-refractivity contribution in [1.29, 1.82) is 0 Å². The van der Waals surface area contributed by atoms with Crippen molar-refractivity contribution in [3.8, 4) is 0 Å². The molecule has 1 aromatic heterocycles. The van der Waals surface area contributed by atoms with E-state index in [0.29, 0.717) is 47.4 Å². The summed E-state index contributed by atoms with van der Waals surface area (Å²) in [6.07, 6.45) is 0.636. The number of H-pyrrole nitrogens is 1. The molecule has 0 unspecified atom stereocenters. The molecule has 29 heavy (non-hydrogen) atoms. The van der Waals surface area contributed by atoms with E-state index < -0.39 is 0 Å². The van der Waals surface area contributed by atoms with Crippen molar-refractivity contribution in [1.82, 2.24) is 19.8 Å². The highest BCUT2D eigenvalue weighted by Crippen LogP contribution is 2.13. The van der Waals surface area contributed by atoms with E-state index in [1.165, 1.54) is 6.07 Å². The highest BCUT2D eigenvalue weighted by atomic mass is 19.1. The van der Waals surface area contributed by atoms with Crippen LogP contribution in [0.5, 0.6) is 0 Å². The summed E-state index contributed by atoms with van der Waals surface area (Å²) in [5, 5.41) is 0.593. The Morgan fingerprint density at radius 3 is 2.66 bits per heavy atom. The number of para-hydroxylation sites is 1. The molecule has 3 aromatic rings. The second-order valence-corrected chi connectivity index (χ2v) is 7.38. The number of carbonyl (C=O) groups excluding carboxylic acids is 1. The van der Waals surface area contributed by atoms with Crippen molar-refractivity contribution < 1.29 is 9.18 Å². The van der Waals surface area contributed by atoms with E-state index in [2.05, 4.69) is 14.9 Å². The van der Waals surface area contributed by atoms with Crippen molar-refractivity contribution in [3.63, 3.8) is 0 Å². The number of nitrogens with one attached hydrogen (secondary N) is 1. The first kappa shape index (κ1) is 19.3. The number of hydrogen-bond donors (Lipinski definition) is 1. The van der Waals surface area contributed by atoms with Gasteiger partial charge in [-0.05, 0) is 36.8 Å². The van der Waals surface area contributed by atoms with Crippen LogP contribution in [-0.2, 0) is 6.42 Å². The van der Waals surface area contributed by atoms with Crippen LogP contribution >= 0.6 is 0 Å². The number of aryl methyl sites for hydroxylation is 1. The van der Waals surface area contributed by atoms with Gasteiger partial charge in [0.05, 0.1) is 10.9 Å². The van der Waals surface area contributed by atoms with E-state index in [-0.39, 0.29) is 17.3 Å². The van der Waals surface area contributed by atoms with Crippen LogP contribution in [0.2, 0.25) is 0 Å². The lowest BCUT2D eigenvalue weighted by atomic mass is 10.1. The molecule has 1 amide bonds. The quantitative estimate of drug-likeness (QED) is 0.738. The number of hydrogen-bond acceptors (Lipinski definition) is 4. The first-order chi connectivity index (χ1) is 14.0. The van der Waals surface area contributed by atoms with Gasteiger partial charge in [-0.1, -0.05) is 18.2 Å². The molecule has 1 saturated heterocycles. The Balaban J connectivity index is 1.34. The van der Waals surface area contributed by atoms with Crippen LogP contribution in [0.3, 0.4) is 0 Å². The maximum absolute atomic E-state index is 13.7. The minimum absolute atomic E-state index is 0.119. The van der Waals surface area contributed by atoms with Gasteiger partial charge in [0.1, 0.15) is 11.6 Å². The van der Waals surface area contributed by atoms with Crippen LogP contribution in [0.1, 0.15) is 21.7 Å². The Labute approximate surface area is 168 Å². The van der Waals surface area contributed by atoms with Crippen molar-refractivity contribution in [2.45, 2.75) is 13.3 Å². The van der Waals surface area contributed by atoms with Crippen LogP contribution < -0.4 is 5.56 Å². The molecule has 0 spiro atoms. The van der Waals surface area contributed by atoms with Gasteiger partial charge in [-0.2, -0.15) is 0 Å². The summed E-state index contributed by atoms with van der Waals surface area (Å²) < 4.78 is 13.7. The van der Waals surface area contributed by atoms with Crippen molar-refractivity contribution in [3.05, 3.63) is 75.6 Å². The van der Waals surface area contributed by atoms with Gasteiger partial charge in [0, 0.05) is 44.7 Å². The molecule has 1 fully saturated rings. The standard InChI is InChI=1S/C22H23FN4O2/c1-15-6-7-16(14-18(15)23)22(29)27-12-10-26(11-13-27)9-8-20-24-19-5-3-2-4-17(19)21(28)25-20/h2-7,14H,8-13H2,1H3,(H,24,25,28). The maximum Gasteiger partial charge on any atom is 0.258 e. The fourth-order valence-electron chi connectivity index (χ4n) is 3.60. The van der Waals surface area contributed by atoms with Gasteiger partial charge in [0.2, 0.25) is 0 Å². The van der Waals surface area contributed by atoms with Gasteiger partial charge < -0.3 is 9.88 Å². The number of rotatable bonds is 4. The summed E-state index contributed by atoms with van der Waals surface area (Å²) >= 11 is 0. The van der Waals surface area contributed by atoms with E-state index >= 15 is 0 Å². The molecule has 0 aliphatic carbocycles. The molecule has 4 rings (SSSR count). The van der Waals surface area contributed by atoms with E-state index in [9.17, 15) is 14.0 Å². The molecule has 0 bridgehead atoms. The average molecular weight is 394 g/mol. The lowest BCUT2D eigenvalue weighted by Crippen LogP contribution is -2.49. The zero-order valence-corrected chi connectivity index (χ0v) is 16.3. The van der Waals surface area contributed by atoms with Crippen molar-refractivity contribution in [2.75, 3.05) is 32.7 Å². The third-order valence-electron chi connectivity index (χ3n) is 5.41. The predicted molar refractivity (Wildman–Crippen MR) is 110 cm³/mol. The molecule has 7 heteroatoms. The zero-order chi connectivity index (χ0) is 20.4. The smallest absolute Gasteiger partial charge is 0.258 e. The molecule has 0 atom stereocenters. The van der Waals surface area contributed by atoms with E-state index in [4.69, 9.17) is 0 Å². The zero-order valence-electron chi connectivity index (χ0n) is 16.3. The van der Waals surface area contributed by atoms with Crippen molar-refractivity contribution >= 4 is 16.8 Å². The van der Waals surface area contributed by atoms with Gasteiger partial charge in [0.25, 0.3) is 11.5 Å². The monoisotopic (exact) mass is 394 g/mol. The predicted octanol–water partition coefficient (Wildman–Crippen LogP) is 2.37. The number of aromatic nitrogens is 2. The first-order valence-corrected chi connectivity index (χ1v) is 9.77. The van der Waals surface area contributed by atoms with E-state index in [1.807, 2.05) is 18.2 Å². The molecule has 2 heterocycles. The summed E-state index contributed by atoms with van der Waals surface area (Å²) in [4.78, 5) is 36.2. The first-order valence-electron chi connectivity index (χ1n) is 9.77. The topological polar surface area (TPSA) is 69.3 Å². The van der Waals surface area contributed by atoms with Crippen LogP contribution in [0.15, 0.2) is 47.3 Å². The lowest BCUT2D eigenvalue weighted by molar-refractivity contribution is 0.0637. The second-order valence-electron chi connectivity index (χ2n) is 7.38. The van der Waals surface area contributed by atoms with Crippen LogP contribution in [-0.4, -0.2) is 58.4 Å². The number of benzene rings is 2. The van der Waals surface area contributed by atoms with Gasteiger partial charge >= 0.3 is 0 Å².